The van der Waals surface area contributed by atoms with Crippen LogP contribution in [0.2, 0.25) is 5.02 Å². The van der Waals surface area contributed by atoms with E-state index < -0.39 is 4.92 Å². The van der Waals surface area contributed by atoms with Crippen LogP contribution < -0.4 is 0 Å². The largest absolute Gasteiger partial charge is 0.340 e. The van der Waals surface area contributed by atoms with E-state index in [2.05, 4.69) is 0 Å². The summed E-state index contributed by atoms with van der Waals surface area (Å²) in [5.41, 5.74) is 1.72. The van der Waals surface area contributed by atoms with E-state index in [0.29, 0.717) is 17.0 Å². The molecule has 2 aromatic rings. The molecule has 0 bridgehead atoms. The number of hydrogen-bond acceptors (Lipinski definition) is 4. The Balaban J connectivity index is 1.72. The summed E-state index contributed by atoms with van der Waals surface area (Å²) >= 11 is 7.68. The van der Waals surface area contributed by atoms with Crippen molar-refractivity contribution in [2.45, 2.75) is 23.1 Å². The van der Waals surface area contributed by atoms with Gasteiger partial charge in [-0.05, 0) is 29.7 Å². The number of rotatable bonds is 4. The molecule has 3 rings (SSSR count). The average molecular weight is 363 g/mol. The highest BCUT2D eigenvalue weighted by Gasteiger charge is 2.30. The first-order valence-electron chi connectivity index (χ1n) is 7.38. The van der Waals surface area contributed by atoms with Gasteiger partial charge in [-0.2, -0.15) is 0 Å². The van der Waals surface area contributed by atoms with Crippen molar-refractivity contribution in [3.05, 3.63) is 68.7 Å². The zero-order valence-corrected chi connectivity index (χ0v) is 14.5. The van der Waals surface area contributed by atoms with E-state index >= 15 is 0 Å². The Morgan fingerprint density at radius 3 is 2.83 bits per heavy atom. The highest BCUT2D eigenvalue weighted by atomic mass is 35.5. The lowest BCUT2D eigenvalue weighted by Crippen LogP contribution is -2.34. The normalized spacial score (nSPS) is 15.8. The second kappa shape index (κ2) is 6.83. The number of non-ortho nitro benzene ring substituents is 1. The average Bonchev–Trinajstić information content (AvgIpc) is 2.99. The van der Waals surface area contributed by atoms with Crippen LogP contribution in [0, 0.1) is 10.1 Å². The quantitative estimate of drug-likeness (QED) is 0.610. The maximum atomic E-state index is 12.7. The topological polar surface area (TPSA) is 63.4 Å². The Morgan fingerprint density at radius 2 is 2.12 bits per heavy atom. The van der Waals surface area contributed by atoms with Gasteiger partial charge in [0.1, 0.15) is 0 Å². The van der Waals surface area contributed by atoms with Gasteiger partial charge in [0.25, 0.3) is 5.69 Å². The van der Waals surface area contributed by atoms with Crippen LogP contribution >= 0.6 is 23.4 Å². The Kier molecular flexibility index (Phi) is 4.78. The lowest BCUT2D eigenvalue weighted by molar-refractivity contribution is -0.384. The highest BCUT2D eigenvalue weighted by Crippen LogP contribution is 2.37. The number of nitro groups is 1. The second-order valence-electron chi connectivity index (χ2n) is 5.65. The Hall–Kier alpha value is -2.05. The molecule has 1 heterocycles. The molecule has 1 unspecified atom stereocenters. The van der Waals surface area contributed by atoms with Crippen LogP contribution in [0.15, 0.2) is 47.4 Å². The van der Waals surface area contributed by atoms with E-state index in [4.69, 9.17) is 11.6 Å². The van der Waals surface area contributed by atoms with Crippen molar-refractivity contribution in [2.24, 2.45) is 0 Å². The molecule has 124 valence electrons. The number of nitrogens with zero attached hydrogens (tertiary/aromatic N) is 2. The van der Waals surface area contributed by atoms with E-state index in [9.17, 15) is 14.9 Å². The summed E-state index contributed by atoms with van der Waals surface area (Å²) in [4.78, 5) is 25.8. The second-order valence-corrected chi connectivity index (χ2v) is 7.30. The first kappa shape index (κ1) is 16.8. The van der Waals surface area contributed by atoms with Gasteiger partial charge in [0.2, 0.25) is 5.91 Å². The van der Waals surface area contributed by atoms with E-state index in [1.165, 1.54) is 23.8 Å². The van der Waals surface area contributed by atoms with E-state index in [0.717, 1.165) is 4.90 Å². The molecule has 1 amide bonds. The maximum Gasteiger partial charge on any atom is 0.269 e. The van der Waals surface area contributed by atoms with Gasteiger partial charge in [-0.15, -0.1) is 11.8 Å². The summed E-state index contributed by atoms with van der Waals surface area (Å²) in [5, 5.41) is 11.2. The van der Waals surface area contributed by atoms with Crippen molar-refractivity contribution in [3.63, 3.8) is 0 Å². The van der Waals surface area contributed by atoms with Crippen molar-refractivity contribution in [1.82, 2.24) is 4.90 Å². The fourth-order valence-corrected chi connectivity index (χ4v) is 4.18. The van der Waals surface area contributed by atoms with E-state index in [1.54, 1.807) is 23.7 Å². The van der Waals surface area contributed by atoms with Crippen LogP contribution in [-0.4, -0.2) is 28.0 Å². The van der Waals surface area contributed by atoms with Crippen LogP contribution in [0.4, 0.5) is 5.69 Å². The molecule has 0 spiro atoms. The number of amides is 1. The lowest BCUT2D eigenvalue weighted by Gasteiger charge is -2.21. The number of carbonyl (C=O) groups is 1. The highest BCUT2D eigenvalue weighted by molar-refractivity contribution is 8.01. The third-order valence-corrected chi connectivity index (χ3v) is 5.62. The first-order chi connectivity index (χ1) is 11.5. The van der Waals surface area contributed by atoms with Crippen LogP contribution in [-0.2, 0) is 17.8 Å². The number of halogens is 1. The van der Waals surface area contributed by atoms with Gasteiger partial charge in [0, 0.05) is 35.6 Å². The number of carbonyl (C=O) groups excluding carboxylic acids is 1. The van der Waals surface area contributed by atoms with Gasteiger partial charge >= 0.3 is 0 Å². The smallest absolute Gasteiger partial charge is 0.269 e. The number of nitro benzene ring substituents is 1. The molecule has 0 saturated heterocycles. The van der Waals surface area contributed by atoms with Crippen molar-refractivity contribution in [1.29, 1.82) is 0 Å². The van der Waals surface area contributed by atoms with Crippen LogP contribution in [0.5, 0.6) is 0 Å². The summed E-state index contributed by atoms with van der Waals surface area (Å²) in [7, 11) is 1.70. The van der Waals surface area contributed by atoms with Crippen molar-refractivity contribution in [2.75, 3.05) is 7.05 Å². The van der Waals surface area contributed by atoms with Gasteiger partial charge in [-0.3, -0.25) is 14.9 Å². The molecule has 1 aliphatic rings. The number of hydrogen-bond donors (Lipinski definition) is 0. The first-order valence-corrected chi connectivity index (χ1v) is 8.64. The minimum Gasteiger partial charge on any atom is -0.340 e. The predicted octanol–water partition coefficient (Wildman–Crippen LogP) is 3.92. The fraction of sp³-hybridized carbons (Fsp3) is 0.235. The van der Waals surface area contributed by atoms with Crippen molar-refractivity contribution in [3.8, 4) is 0 Å². The van der Waals surface area contributed by atoms with E-state index in [1.807, 2.05) is 24.3 Å². The molecule has 7 heteroatoms. The number of fused-ring (bicyclic) bond motifs is 1. The van der Waals surface area contributed by atoms with Gasteiger partial charge in [0.05, 0.1) is 10.2 Å². The molecule has 0 N–H and O–H groups in total. The van der Waals surface area contributed by atoms with Gasteiger partial charge in [0.15, 0.2) is 0 Å². The standard InChI is InChI=1S/C17H15ClN2O3S/c1-19(10-12-8-13(20(22)23)6-7-14(12)18)17(21)16-9-11-4-2-3-5-15(11)24-16/h2-8,16H,9-10H2,1H3. The van der Waals surface area contributed by atoms with Crippen molar-refractivity contribution >= 4 is 35.0 Å². The monoisotopic (exact) mass is 362 g/mol. The maximum absolute atomic E-state index is 12.7. The zero-order valence-electron chi connectivity index (χ0n) is 12.9. The Bertz CT molecular complexity index is 787. The molecule has 0 aromatic heterocycles. The van der Waals surface area contributed by atoms with Crippen LogP contribution in [0.1, 0.15) is 11.1 Å². The Morgan fingerprint density at radius 1 is 1.38 bits per heavy atom. The zero-order chi connectivity index (χ0) is 17.3. The summed E-state index contributed by atoms with van der Waals surface area (Å²) in [5.74, 6) is -0.00114. The summed E-state index contributed by atoms with van der Waals surface area (Å²) < 4.78 is 0. The fourth-order valence-electron chi connectivity index (χ4n) is 2.69. The number of thioether (sulfide) groups is 1. The van der Waals surface area contributed by atoms with Crippen LogP contribution in [0.25, 0.3) is 0 Å². The molecule has 0 fully saturated rings. The Labute approximate surface area is 148 Å². The molecule has 2 aromatic carbocycles. The summed E-state index contributed by atoms with van der Waals surface area (Å²) in [6.07, 6.45) is 0.701. The van der Waals surface area contributed by atoms with Crippen molar-refractivity contribution < 1.29 is 9.72 Å². The molecule has 5 nitrogen and oxygen atoms in total. The minimum atomic E-state index is -0.467. The molecule has 1 aliphatic heterocycles. The van der Waals surface area contributed by atoms with E-state index in [-0.39, 0.29) is 23.4 Å². The third-order valence-electron chi connectivity index (χ3n) is 3.95. The molecule has 0 saturated carbocycles. The minimum absolute atomic E-state index is 0.00114. The summed E-state index contributed by atoms with van der Waals surface area (Å²) in [6, 6.07) is 12.3. The predicted molar refractivity (Wildman–Crippen MR) is 94.4 cm³/mol. The third kappa shape index (κ3) is 3.39. The summed E-state index contributed by atoms with van der Waals surface area (Å²) in [6.45, 7) is 0.243. The molecular weight excluding hydrogens is 348 g/mol. The molecule has 24 heavy (non-hydrogen) atoms. The number of benzene rings is 2. The molecule has 0 aliphatic carbocycles. The van der Waals surface area contributed by atoms with Gasteiger partial charge < -0.3 is 4.90 Å². The lowest BCUT2D eigenvalue weighted by atomic mass is 10.1. The van der Waals surface area contributed by atoms with Crippen LogP contribution in [0.3, 0.4) is 0 Å². The molecular formula is C17H15ClN2O3S. The SMILES string of the molecule is CN(Cc1cc([N+](=O)[O-])ccc1Cl)C(=O)C1Cc2ccccc2S1. The molecule has 1 atom stereocenters. The molecule has 0 radical (unpaired) electrons. The van der Waals surface area contributed by atoms with Gasteiger partial charge in [-0.25, -0.2) is 0 Å². The van der Waals surface area contributed by atoms with Gasteiger partial charge in [-0.1, -0.05) is 29.8 Å².